The van der Waals surface area contributed by atoms with Crippen LogP contribution in [0.4, 0.5) is 23.7 Å². The lowest BCUT2D eigenvalue weighted by molar-refractivity contribution is -0.137. The number of hydrogen-bond donors (Lipinski definition) is 3. The van der Waals surface area contributed by atoms with Gasteiger partial charge in [-0.3, -0.25) is 5.32 Å². The highest BCUT2D eigenvalue weighted by Crippen LogP contribution is 2.30. The Morgan fingerprint density at radius 1 is 1.24 bits per heavy atom. The molecule has 0 heterocycles. The van der Waals surface area contributed by atoms with Crippen molar-refractivity contribution >= 4 is 24.4 Å². The van der Waals surface area contributed by atoms with Gasteiger partial charge >= 0.3 is 19.4 Å². The number of carbonyl (C=O) groups excluding carboxylic acids is 1. The Balaban J connectivity index is 3.10. The molecule has 5 nitrogen and oxygen atoms in total. The Hall–Kier alpha value is -1.74. The Morgan fingerprint density at radius 2 is 1.81 bits per heavy atom. The molecule has 0 aromatic heterocycles. The summed E-state index contributed by atoms with van der Waals surface area (Å²) in [6.45, 7) is 4.75. The van der Waals surface area contributed by atoms with Crippen LogP contribution in [-0.2, 0) is 10.9 Å². The lowest BCUT2D eigenvalue weighted by Crippen LogP contribution is -2.35. The molecule has 1 aromatic carbocycles. The largest absolute Gasteiger partial charge is 0.490 e. The molecule has 0 bridgehead atoms. The second-order valence-electron chi connectivity index (χ2n) is 5.30. The zero-order valence-corrected chi connectivity index (χ0v) is 11.7. The summed E-state index contributed by atoms with van der Waals surface area (Å²) < 4.78 is 42.8. The van der Waals surface area contributed by atoms with Gasteiger partial charge < -0.3 is 14.8 Å². The third-order valence-electron chi connectivity index (χ3n) is 2.29. The van der Waals surface area contributed by atoms with Gasteiger partial charge in [0.1, 0.15) is 5.60 Å². The summed E-state index contributed by atoms with van der Waals surface area (Å²) in [5, 5.41) is 20.3. The molecule has 1 rings (SSSR count). The maximum Gasteiger partial charge on any atom is 0.490 e. The van der Waals surface area contributed by atoms with Gasteiger partial charge in [0.2, 0.25) is 0 Å². The first kappa shape index (κ1) is 17.3. The van der Waals surface area contributed by atoms with E-state index in [2.05, 4.69) is 5.32 Å². The van der Waals surface area contributed by atoms with Crippen molar-refractivity contribution in [3.8, 4) is 0 Å². The zero-order valence-electron chi connectivity index (χ0n) is 11.7. The van der Waals surface area contributed by atoms with E-state index in [0.717, 1.165) is 6.07 Å². The predicted octanol–water partition coefficient (Wildman–Crippen LogP) is 1.73. The summed E-state index contributed by atoms with van der Waals surface area (Å²) in [6, 6.07) is 2.17. The van der Waals surface area contributed by atoms with Gasteiger partial charge in [0.15, 0.2) is 0 Å². The molecule has 1 amide bonds. The molecule has 3 N–H and O–H groups in total. The van der Waals surface area contributed by atoms with Crippen molar-refractivity contribution < 1.29 is 32.8 Å². The van der Waals surface area contributed by atoms with E-state index in [1.54, 1.807) is 20.8 Å². The van der Waals surface area contributed by atoms with Gasteiger partial charge in [0.05, 0.1) is 5.56 Å². The first-order valence-corrected chi connectivity index (χ1v) is 5.97. The van der Waals surface area contributed by atoms with Gasteiger partial charge in [-0.1, -0.05) is 12.1 Å². The second kappa shape index (κ2) is 5.94. The average molecular weight is 305 g/mol. The molecule has 0 aliphatic rings. The third kappa shape index (κ3) is 5.28. The van der Waals surface area contributed by atoms with Gasteiger partial charge in [-0.2, -0.15) is 13.2 Å². The number of carbonyl (C=O) groups is 1. The van der Waals surface area contributed by atoms with Crippen LogP contribution in [0.15, 0.2) is 18.2 Å². The normalized spacial score (nSPS) is 12.0. The predicted molar refractivity (Wildman–Crippen MR) is 71.1 cm³/mol. The molecule has 9 heteroatoms. The van der Waals surface area contributed by atoms with Crippen molar-refractivity contribution in [3.05, 3.63) is 23.8 Å². The van der Waals surface area contributed by atoms with Gasteiger partial charge in [-0.05, 0) is 26.8 Å². The minimum atomic E-state index is -4.62. The van der Waals surface area contributed by atoms with Gasteiger partial charge in [0, 0.05) is 11.2 Å². The second-order valence-corrected chi connectivity index (χ2v) is 5.30. The fourth-order valence-corrected chi connectivity index (χ4v) is 1.48. The molecule has 0 unspecified atom stereocenters. The summed E-state index contributed by atoms with van der Waals surface area (Å²) in [7, 11) is -2.03. The highest BCUT2D eigenvalue weighted by Gasteiger charge is 2.32. The molecule has 0 fully saturated rings. The van der Waals surface area contributed by atoms with Gasteiger partial charge in [-0.25, -0.2) is 4.79 Å². The van der Waals surface area contributed by atoms with Crippen molar-refractivity contribution in [1.29, 1.82) is 0 Å². The van der Waals surface area contributed by atoms with Crippen molar-refractivity contribution in [1.82, 2.24) is 0 Å². The van der Waals surface area contributed by atoms with E-state index in [0.29, 0.717) is 12.1 Å². The monoisotopic (exact) mass is 305 g/mol. The minimum absolute atomic E-state index is 0.270. The molecular weight excluding hydrogens is 290 g/mol. The van der Waals surface area contributed by atoms with Crippen LogP contribution >= 0.6 is 0 Å². The summed E-state index contributed by atoms with van der Waals surface area (Å²) in [4.78, 5) is 11.6. The van der Waals surface area contributed by atoms with Crippen LogP contribution in [0.1, 0.15) is 26.3 Å². The third-order valence-corrected chi connectivity index (χ3v) is 2.29. The van der Waals surface area contributed by atoms with Crippen LogP contribution in [0, 0.1) is 0 Å². The van der Waals surface area contributed by atoms with Crippen LogP contribution in [0.2, 0.25) is 0 Å². The zero-order chi connectivity index (χ0) is 16.4. The average Bonchev–Trinajstić information content (AvgIpc) is 2.24. The standard InChI is InChI=1S/C12H15BF3NO4/c1-11(2,3)21-10(18)17-9-6-7(12(14,15)16)4-5-8(9)13(19)20/h4-6,19-20H,1-3H3,(H,17,18). The minimum Gasteiger partial charge on any atom is -0.444 e. The molecule has 0 aliphatic heterocycles. The number of rotatable bonds is 2. The van der Waals surface area contributed by atoms with E-state index in [1.807, 2.05) is 0 Å². The van der Waals surface area contributed by atoms with E-state index in [1.165, 1.54) is 0 Å². The fourth-order valence-electron chi connectivity index (χ4n) is 1.48. The van der Waals surface area contributed by atoms with Crippen molar-refractivity contribution in [2.75, 3.05) is 5.32 Å². The molecule has 0 aliphatic carbocycles. The SMILES string of the molecule is CC(C)(C)OC(=O)Nc1cc(C(F)(F)F)ccc1B(O)O. The molecule has 0 atom stereocenters. The van der Waals surface area contributed by atoms with E-state index < -0.39 is 30.6 Å². The molecule has 0 saturated carbocycles. The van der Waals surface area contributed by atoms with Crippen molar-refractivity contribution in [3.63, 3.8) is 0 Å². The molecule has 21 heavy (non-hydrogen) atoms. The number of amides is 1. The summed E-state index contributed by atoms with van der Waals surface area (Å²) in [5.74, 6) is 0. The molecule has 116 valence electrons. The topological polar surface area (TPSA) is 78.8 Å². The van der Waals surface area contributed by atoms with Gasteiger partial charge in [0.25, 0.3) is 0 Å². The number of halogens is 3. The van der Waals surface area contributed by atoms with Crippen molar-refractivity contribution in [2.45, 2.75) is 32.5 Å². The van der Waals surface area contributed by atoms with E-state index in [4.69, 9.17) is 14.8 Å². The van der Waals surface area contributed by atoms with Crippen molar-refractivity contribution in [2.24, 2.45) is 0 Å². The quantitative estimate of drug-likeness (QED) is 0.727. The number of anilines is 1. The summed E-state index contributed by atoms with van der Waals surface area (Å²) in [5.41, 5.74) is -2.52. The lowest BCUT2D eigenvalue weighted by Gasteiger charge is -2.21. The highest BCUT2D eigenvalue weighted by molar-refractivity contribution is 6.60. The smallest absolute Gasteiger partial charge is 0.444 e. The molecule has 1 aromatic rings. The maximum absolute atomic E-state index is 12.6. The number of benzene rings is 1. The lowest BCUT2D eigenvalue weighted by atomic mass is 9.78. The van der Waals surface area contributed by atoms with Gasteiger partial charge in [-0.15, -0.1) is 0 Å². The van der Waals surface area contributed by atoms with Crippen LogP contribution < -0.4 is 10.8 Å². The summed E-state index contributed by atoms with van der Waals surface area (Å²) in [6.07, 6.45) is -5.62. The van der Waals surface area contributed by atoms with E-state index in [9.17, 15) is 18.0 Å². The maximum atomic E-state index is 12.6. The number of hydrogen-bond acceptors (Lipinski definition) is 4. The molecule has 0 saturated heterocycles. The molecule has 0 radical (unpaired) electrons. The molecular formula is C12H15BF3NO4. The number of nitrogens with one attached hydrogen (secondary N) is 1. The number of ether oxygens (including phenoxy) is 1. The number of alkyl halides is 3. The van der Waals surface area contributed by atoms with Crippen LogP contribution in [0.25, 0.3) is 0 Å². The van der Waals surface area contributed by atoms with E-state index >= 15 is 0 Å². The Kier molecular flexibility index (Phi) is 4.90. The highest BCUT2D eigenvalue weighted by atomic mass is 19.4. The first-order chi connectivity index (χ1) is 9.40. The van der Waals surface area contributed by atoms with Crippen LogP contribution in [0.3, 0.4) is 0 Å². The molecule has 0 spiro atoms. The first-order valence-electron chi connectivity index (χ1n) is 5.97. The summed E-state index contributed by atoms with van der Waals surface area (Å²) >= 11 is 0. The Bertz CT molecular complexity index is 526. The fraction of sp³-hybridized carbons (Fsp3) is 0.417. The Labute approximate surface area is 119 Å². The van der Waals surface area contributed by atoms with Crippen LogP contribution in [0.5, 0.6) is 0 Å². The van der Waals surface area contributed by atoms with Crippen LogP contribution in [-0.4, -0.2) is 28.9 Å². The Morgan fingerprint density at radius 3 is 2.24 bits per heavy atom. The van der Waals surface area contributed by atoms with E-state index in [-0.39, 0.29) is 11.2 Å².